The topological polar surface area (TPSA) is 147 Å². The van der Waals surface area contributed by atoms with Crippen LogP contribution >= 0.6 is 0 Å². The van der Waals surface area contributed by atoms with Gasteiger partial charge >= 0.3 is 18.2 Å². The Labute approximate surface area is 140 Å². The zero-order valence-corrected chi connectivity index (χ0v) is 14.7. The lowest BCUT2D eigenvalue weighted by Crippen LogP contribution is -2.47. The van der Waals surface area contributed by atoms with Gasteiger partial charge in [0, 0.05) is 0 Å². The highest BCUT2D eigenvalue weighted by molar-refractivity contribution is 6.01. The maximum atomic E-state index is 11.7. The molecule has 0 radical (unpaired) electrons. The van der Waals surface area contributed by atoms with Crippen molar-refractivity contribution in [2.24, 2.45) is 4.99 Å². The maximum absolute atomic E-state index is 11.7. The molecule has 0 saturated carbocycles. The van der Waals surface area contributed by atoms with E-state index in [-0.39, 0.29) is 0 Å². The van der Waals surface area contributed by atoms with Crippen LogP contribution in [0.15, 0.2) is 4.99 Å². The minimum absolute atomic E-state index is 0.404. The van der Waals surface area contributed by atoms with E-state index in [1.54, 1.807) is 41.5 Å². The Balaban J connectivity index is 5.01. The molecule has 10 heteroatoms. The number of amides is 2. The van der Waals surface area contributed by atoms with Crippen molar-refractivity contribution < 1.29 is 34.1 Å². The molecule has 0 saturated heterocycles. The second kappa shape index (κ2) is 8.48. The molecule has 1 atom stereocenters. The van der Waals surface area contributed by atoms with Crippen molar-refractivity contribution in [3.05, 3.63) is 0 Å². The number of carbonyl (C=O) groups is 3. The molecule has 0 bridgehead atoms. The van der Waals surface area contributed by atoms with Crippen molar-refractivity contribution in [1.82, 2.24) is 10.6 Å². The van der Waals surface area contributed by atoms with E-state index in [9.17, 15) is 19.5 Å². The summed E-state index contributed by atoms with van der Waals surface area (Å²) in [6, 6.07) is 0. The average molecular weight is 347 g/mol. The molecule has 0 aliphatic carbocycles. The fourth-order valence-electron chi connectivity index (χ4n) is 1.17. The summed E-state index contributed by atoms with van der Waals surface area (Å²) in [6.07, 6.45) is -3.62. The summed E-state index contributed by atoms with van der Waals surface area (Å²) in [5.74, 6) is -1.90. The highest BCUT2D eigenvalue weighted by atomic mass is 16.6. The number of aliphatic hydroxyl groups is 1. The number of nitrogens with one attached hydrogen (secondary N) is 2. The molecule has 0 rings (SSSR count). The second-order valence-corrected chi connectivity index (χ2v) is 6.80. The van der Waals surface area contributed by atoms with Gasteiger partial charge in [0.1, 0.15) is 11.2 Å². The number of carboxylic acid groups (broad SMARTS) is 1. The molecular formula is C14H25N3O7. The second-order valence-electron chi connectivity index (χ2n) is 6.80. The van der Waals surface area contributed by atoms with Crippen LogP contribution in [-0.4, -0.2) is 58.2 Å². The van der Waals surface area contributed by atoms with E-state index in [1.807, 2.05) is 0 Å². The lowest BCUT2D eigenvalue weighted by Gasteiger charge is -2.22. The summed E-state index contributed by atoms with van der Waals surface area (Å²) in [5.41, 5.74) is -1.58. The Kier molecular flexibility index (Phi) is 7.65. The van der Waals surface area contributed by atoms with Gasteiger partial charge in [-0.2, -0.15) is 0 Å². The first-order valence-corrected chi connectivity index (χ1v) is 7.15. The third-order valence-electron chi connectivity index (χ3n) is 1.95. The molecule has 0 aromatic rings. The molecule has 0 aliphatic heterocycles. The van der Waals surface area contributed by atoms with Gasteiger partial charge < -0.3 is 19.7 Å². The van der Waals surface area contributed by atoms with Crippen LogP contribution in [0.25, 0.3) is 0 Å². The fraction of sp³-hybridized carbons (Fsp3) is 0.714. The number of ether oxygens (including phenoxy) is 2. The van der Waals surface area contributed by atoms with Crippen molar-refractivity contribution in [1.29, 1.82) is 0 Å². The Bertz CT molecular complexity index is 471. The van der Waals surface area contributed by atoms with Gasteiger partial charge in [0.05, 0.1) is 6.54 Å². The number of aliphatic imine (C=N–C) groups is 1. The summed E-state index contributed by atoms with van der Waals surface area (Å²) in [6.45, 7) is 9.24. The van der Waals surface area contributed by atoms with E-state index in [0.717, 1.165) is 0 Å². The lowest BCUT2D eigenvalue weighted by atomic mass is 10.2. The standard InChI is InChI=1S/C14H25N3O7/c1-13(2,3)23-11(21)16-10(15-7-8(18)9(19)20)17-12(22)24-14(4,5)6/h8,18H,7H2,1-6H3,(H,19,20)(H2,15,16,17,21,22). The number of hydrogen-bond acceptors (Lipinski definition) is 7. The number of carbonyl (C=O) groups excluding carboxylic acids is 2. The number of nitrogens with zero attached hydrogens (tertiary/aromatic N) is 1. The predicted molar refractivity (Wildman–Crippen MR) is 84.7 cm³/mol. The van der Waals surface area contributed by atoms with Crippen LogP contribution < -0.4 is 10.6 Å². The normalized spacial score (nSPS) is 12.6. The van der Waals surface area contributed by atoms with Crippen LogP contribution in [0.1, 0.15) is 41.5 Å². The zero-order valence-electron chi connectivity index (χ0n) is 14.7. The molecule has 0 aromatic carbocycles. The number of carboxylic acids is 1. The minimum atomic E-state index is -1.79. The first kappa shape index (κ1) is 21.6. The fourth-order valence-corrected chi connectivity index (χ4v) is 1.17. The van der Waals surface area contributed by atoms with E-state index in [0.29, 0.717) is 0 Å². The molecule has 138 valence electrons. The third-order valence-corrected chi connectivity index (χ3v) is 1.95. The van der Waals surface area contributed by atoms with Gasteiger partial charge in [-0.1, -0.05) is 0 Å². The van der Waals surface area contributed by atoms with Crippen LogP contribution in [0, 0.1) is 0 Å². The number of rotatable bonds is 3. The first-order valence-electron chi connectivity index (χ1n) is 7.15. The Hall–Kier alpha value is -2.36. The summed E-state index contributed by atoms with van der Waals surface area (Å²) in [5, 5.41) is 22.2. The number of guanidine groups is 1. The zero-order chi connectivity index (χ0) is 19.1. The summed E-state index contributed by atoms with van der Waals surface area (Å²) in [4.78, 5) is 37.7. The van der Waals surface area contributed by atoms with Crippen LogP contribution in [0.4, 0.5) is 9.59 Å². The summed E-state index contributed by atoms with van der Waals surface area (Å²) < 4.78 is 10.0. The molecule has 4 N–H and O–H groups in total. The lowest BCUT2D eigenvalue weighted by molar-refractivity contribution is -0.145. The van der Waals surface area contributed by atoms with E-state index in [4.69, 9.17) is 14.6 Å². The third kappa shape index (κ3) is 11.2. The summed E-state index contributed by atoms with van der Waals surface area (Å²) >= 11 is 0. The van der Waals surface area contributed by atoms with Crippen molar-refractivity contribution in [2.45, 2.75) is 58.8 Å². The molecule has 24 heavy (non-hydrogen) atoms. The van der Waals surface area contributed by atoms with E-state index in [2.05, 4.69) is 15.6 Å². The monoisotopic (exact) mass is 347 g/mol. The van der Waals surface area contributed by atoms with Crippen molar-refractivity contribution in [2.75, 3.05) is 6.54 Å². The van der Waals surface area contributed by atoms with Crippen LogP contribution in [0.2, 0.25) is 0 Å². The van der Waals surface area contributed by atoms with Gasteiger partial charge in [-0.15, -0.1) is 0 Å². The maximum Gasteiger partial charge on any atom is 0.414 e. The Morgan fingerprint density at radius 2 is 1.33 bits per heavy atom. The first-order chi connectivity index (χ1) is 10.7. The quantitative estimate of drug-likeness (QED) is 0.437. The van der Waals surface area contributed by atoms with Gasteiger partial charge in [0.15, 0.2) is 6.10 Å². The molecule has 10 nitrogen and oxygen atoms in total. The largest absolute Gasteiger partial charge is 0.479 e. The van der Waals surface area contributed by atoms with E-state index in [1.165, 1.54) is 0 Å². The van der Waals surface area contributed by atoms with Gasteiger partial charge in [-0.25, -0.2) is 19.4 Å². The molecular weight excluding hydrogens is 322 g/mol. The SMILES string of the molecule is CC(C)(C)OC(=O)NC(=NCC(O)C(=O)O)NC(=O)OC(C)(C)C. The number of alkyl carbamates (subject to hydrolysis) is 2. The Morgan fingerprint density at radius 3 is 1.62 bits per heavy atom. The molecule has 0 fully saturated rings. The number of aliphatic carboxylic acids is 1. The molecule has 0 aliphatic rings. The molecule has 1 unspecified atom stereocenters. The van der Waals surface area contributed by atoms with Crippen molar-refractivity contribution >= 4 is 24.1 Å². The van der Waals surface area contributed by atoms with Crippen LogP contribution in [-0.2, 0) is 14.3 Å². The number of aliphatic hydroxyl groups excluding tert-OH is 1. The highest BCUT2D eigenvalue weighted by Gasteiger charge is 2.22. The molecule has 0 aromatic heterocycles. The van der Waals surface area contributed by atoms with Crippen LogP contribution in [0.5, 0.6) is 0 Å². The molecule has 2 amide bonds. The van der Waals surface area contributed by atoms with Gasteiger partial charge in [0.2, 0.25) is 5.96 Å². The number of hydrogen-bond donors (Lipinski definition) is 4. The predicted octanol–water partition coefficient (Wildman–Crippen LogP) is 0.837. The minimum Gasteiger partial charge on any atom is -0.479 e. The van der Waals surface area contributed by atoms with Crippen molar-refractivity contribution in [3.8, 4) is 0 Å². The average Bonchev–Trinajstić information content (AvgIpc) is 2.30. The van der Waals surface area contributed by atoms with E-state index >= 15 is 0 Å². The van der Waals surface area contributed by atoms with Gasteiger partial charge in [0.25, 0.3) is 0 Å². The Morgan fingerprint density at radius 1 is 0.958 bits per heavy atom. The van der Waals surface area contributed by atoms with E-state index < -0.39 is 48.0 Å². The van der Waals surface area contributed by atoms with Crippen LogP contribution in [0.3, 0.4) is 0 Å². The smallest absolute Gasteiger partial charge is 0.414 e. The highest BCUT2D eigenvalue weighted by Crippen LogP contribution is 2.07. The van der Waals surface area contributed by atoms with Gasteiger partial charge in [-0.05, 0) is 41.5 Å². The molecule has 0 spiro atoms. The van der Waals surface area contributed by atoms with Gasteiger partial charge in [-0.3, -0.25) is 10.6 Å². The summed E-state index contributed by atoms with van der Waals surface area (Å²) in [7, 11) is 0. The van der Waals surface area contributed by atoms with Crippen molar-refractivity contribution in [3.63, 3.8) is 0 Å². The molecule has 0 heterocycles.